The van der Waals surface area contributed by atoms with Crippen molar-refractivity contribution in [1.29, 1.82) is 0 Å². The fourth-order valence-electron chi connectivity index (χ4n) is 5.44. The van der Waals surface area contributed by atoms with E-state index in [4.69, 9.17) is 13.7 Å². The van der Waals surface area contributed by atoms with Gasteiger partial charge in [-0.3, -0.25) is 0 Å². The number of hydrogen-bond acceptors (Lipinski definition) is 0. The van der Waals surface area contributed by atoms with Gasteiger partial charge in [-0.25, -0.2) is 0 Å². The van der Waals surface area contributed by atoms with Crippen molar-refractivity contribution in [2.24, 2.45) is 0 Å². The van der Waals surface area contributed by atoms with Crippen LogP contribution in [0.1, 0.15) is 20.6 Å². The smallest absolute Gasteiger partial charge is 0.0616 e. The lowest BCUT2D eigenvalue weighted by Crippen LogP contribution is -1.93. The van der Waals surface area contributed by atoms with Crippen LogP contribution in [0, 0.1) is 0 Å². The number of fused-ring (bicyclic) bond motifs is 4. The fourth-order valence-corrected chi connectivity index (χ4v) is 5.44. The standard InChI is InChI=1S/C40H26/c1-2-14-29-26-30(25-24-27(29)12-1)32-17-5-6-18-33(32)39-35-19-7-9-21-37(35)40(38-22-10-8-20-36(38)39)34-23-11-15-28-13-3-4-16-31(28)34/h1-26H/i1D,2D,7D,8D,9D,10D,12D,14D,19D,20D,21D,22D,24D,25D,26D. The second-order valence-corrected chi connectivity index (χ2v) is 9.32. The lowest BCUT2D eigenvalue weighted by molar-refractivity contribution is 1.62. The van der Waals surface area contributed by atoms with Crippen molar-refractivity contribution in [3.8, 4) is 33.4 Å². The van der Waals surface area contributed by atoms with Crippen LogP contribution in [0.5, 0.6) is 0 Å². The summed E-state index contributed by atoms with van der Waals surface area (Å²) in [5.74, 6) is 0. The first-order valence-electron chi connectivity index (χ1n) is 20.1. The zero-order valence-corrected chi connectivity index (χ0v) is 20.9. The Morgan fingerprint density at radius 1 is 0.350 bits per heavy atom. The van der Waals surface area contributed by atoms with E-state index in [9.17, 15) is 6.85 Å². The van der Waals surface area contributed by atoms with Crippen molar-refractivity contribution < 1.29 is 20.6 Å². The summed E-state index contributed by atoms with van der Waals surface area (Å²) < 4.78 is 133. The molecule has 8 aromatic carbocycles. The Morgan fingerprint density at radius 2 is 0.875 bits per heavy atom. The third kappa shape index (κ3) is 3.54. The van der Waals surface area contributed by atoms with Crippen LogP contribution in [0.2, 0.25) is 0 Å². The minimum absolute atomic E-state index is 0.0179. The molecule has 0 saturated heterocycles. The minimum atomic E-state index is -0.629. The van der Waals surface area contributed by atoms with Gasteiger partial charge in [0.2, 0.25) is 0 Å². The summed E-state index contributed by atoms with van der Waals surface area (Å²) >= 11 is 0. The normalized spacial score (nSPS) is 16.8. The van der Waals surface area contributed by atoms with Crippen molar-refractivity contribution in [2.75, 3.05) is 0 Å². The van der Waals surface area contributed by atoms with E-state index in [2.05, 4.69) is 0 Å². The molecule has 0 aliphatic rings. The van der Waals surface area contributed by atoms with Gasteiger partial charge in [-0.05, 0) is 82.5 Å². The molecule has 0 spiro atoms. The lowest BCUT2D eigenvalue weighted by atomic mass is 9.83. The molecule has 0 atom stereocenters. The van der Waals surface area contributed by atoms with E-state index >= 15 is 0 Å². The molecule has 0 amide bonds. The van der Waals surface area contributed by atoms with Gasteiger partial charge in [-0.15, -0.1) is 0 Å². The summed E-state index contributed by atoms with van der Waals surface area (Å²) in [7, 11) is 0. The molecule has 0 heterocycles. The minimum Gasteiger partial charge on any atom is -0.0616 e. The van der Waals surface area contributed by atoms with Gasteiger partial charge in [0.25, 0.3) is 0 Å². The molecule has 0 fully saturated rings. The fraction of sp³-hybridized carbons (Fsp3) is 0. The highest BCUT2D eigenvalue weighted by atomic mass is 14.2. The van der Waals surface area contributed by atoms with E-state index in [0.717, 1.165) is 5.39 Å². The van der Waals surface area contributed by atoms with E-state index in [1.54, 1.807) is 30.3 Å². The predicted molar refractivity (Wildman–Crippen MR) is 173 cm³/mol. The molecule has 0 heteroatoms. The highest BCUT2D eigenvalue weighted by molar-refractivity contribution is 6.24. The van der Waals surface area contributed by atoms with Crippen LogP contribution in [-0.2, 0) is 0 Å². The highest BCUT2D eigenvalue weighted by Gasteiger charge is 2.19. The van der Waals surface area contributed by atoms with E-state index in [-0.39, 0.29) is 60.1 Å². The van der Waals surface area contributed by atoms with E-state index in [0.29, 0.717) is 10.9 Å². The lowest BCUT2D eigenvalue weighted by Gasteiger charge is -2.20. The number of benzene rings is 8. The third-order valence-electron chi connectivity index (χ3n) is 7.15. The van der Waals surface area contributed by atoms with Crippen LogP contribution >= 0.6 is 0 Å². The molecule has 0 bridgehead atoms. The molecule has 0 aliphatic heterocycles. The van der Waals surface area contributed by atoms with E-state index in [1.165, 1.54) is 12.1 Å². The molecule has 8 rings (SSSR count). The first-order chi connectivity index (χ1) is 26.1. The van der Waals surface area contributed by atoms with Crippen molar-refractivity contribution >= 4 is 43.1 Å². The highest BCUT2D eigenvalue weighted by Crippen LogP contribution is 2.47. The summed E-state index contributed by atoms with van der Waals surface area (Å²) in [5.41, 5.74) is 0.578. The van der Waals surface area contributed by atoms with Gasteiger partial charge in [0.1, 0.15) is 0 Å². The second kappa shape index (κ2) is 9.22. The molecule has 0 unspecified atom stereocenters. The Hall–Kier alpha value is -5.20. The zero-order chi connectivity index (χ0) is 39.5. The average Bonchev–Trinajstić information content (AvgIpc) is 3.19. The maximum Gasteiger partial charge on any atom is 0.0636 e. The average molecular weight is 522 g/mol. The summed E-state index contributed by atoms with van der Waals surface area (Å²) in [6, 6.07) is 10.7. The molecule has 0 nitrogen and oxygen atoms in total. The van der Waals surface area contributed by atoms with Crippen LogP contribution < -0.4 is 0 Å². The van der Waals surface area contributed by atoms with Crippen molar-refractivity contribution in [3.05, 3.63) is 157 Å². The Balaban J connectivity index is 1.67. The maximum atomic E-state index is 9.36. The first kappa shape index (κ1) is 12.3. The van der Waals surface area contributed by atoms with Crippen LogP contribution in [0.3, 0.4) is 0 Å². The molecule has 0 saturated carbocycles. The molecule has 40 heavy (non-hydrogen) atoms. The van der Waals surface area contributed by atoms with Gasteiger partial charge in [-0.2, -0.15) is 0 Å². The Labute approximate surface area is 254 Å². The molecule has 0 aliphatic carbocycles. The SMILES string of the molecule is [2H]c1c([2H])c([2H])c2c([2H])c(-c3ccccc3-c3c4c([2H])c([2H])c([2H])c([2H])c4c(-c4cccc5ccccc45)c4c([2H])c([2H])c([2H])c([2H])c34)c([2H])c([2H])c2c1[2H]. The Bertz CT molecular complexity index is 2960. The first-order valence-corrected chi connectivity index (χ1v) is 12.6. The predicted octanol–water partition coefficient (Wildman–Crippen LogP) is 11.3. The van der Waals surface area contributed by atoms with Gasteiger partial charge >= 0.3 is 0 Å². The Kier molecular flexibility index (Phi) is 2.84. The summed E-state index contributed by atoms with van der Waals surface area (Å²) in [6.45, 7) is 0. The molecule has 8 aromatic rings. The van der Waals surface area contributed by atoms with Crippen LogP contribution in [0.4, 0.5) is 0 Å². The van der Waals surface area contributed by atoms with Gasteiger partial charge in [0.15, 0.2) is 0 Å². The van der Waals surface area contributed by atoms with Gasteiger partial charge in [0, 0.05) is 0 Å². The van der Waals surface area contributed by atoms with Gasteiger partial charge in [-0.1, -0.05) is 151 Å². The zero-order valence-electron chi connectivity index (χ0n) is 35.9. The summed E-state index contributed by atoms with van der Waals surface area (Å²) in [4.78, 5) is 0. The van der Waals surface area contributed by atoms with Crippen molar-refractivity contribution in [1.82, 2.24) is 0 Å². The quantitative estimate of drug-likeness (QED) is 0.203. The summed E-state index contributed by atoms with van der Waals surface area (Å²) in [5, 5.41) is 0.663. The molecule has 186 valence electrons. The van der Waals surface area contributed by atoms with Crippen LogP contribution in [-0.4, -0.2) is 0 Å². The number of rotatable bonds is 3. The number of hydrogen-bond donors (Lipinski definition) is 0. The summed E-state index contributed by atoms with van der Waals surface area (Å²) in [6.07, 6.45) is 0. The van der Waals surface area contributed by atoms with Gasteiger partial charge in [0.05, 0.1) is 20.6 Å². The Morgan fingerprint density at radius 3 is 1.60 bits per heavy atom. The topological polar surface area (TPSA) is 0 Å². The van der Waals surface area contributed by atoms with E-state index in [1.807, 2.05) is 24.3 Å². The maximum absolute atomic E-state index is 9.36. The van der Waals surface area contributed by atoms with Crippen LogP contribution in [0.25, 0.3) is 76.5 Å². The molecule has 0 aromatic heterocycles. The largest absolute Gasteiger partial charge is 0.0636 e. The monoisotopic (exact) mass is 521 g/mol. The van der Waals surface area contributed by atoms with Crippen molar-refractivity contribution in [3.63, 3.8) is 0 Å². The van der Waals surface area contributed by atoms with Crippen molar-refractivity contribution in [2.45, 2.75) is 0 Å². The second-order valence-electron chi connectivity index (χ2n) is 9.32. The molecule has 0 N–H and O–H groups in total. The third-order valence-corrected chi connectivity index (χ3v) is 7.15. The van der Waals surface area contributed by atoms with E-state index < -0.39 is 90.6 Å². The molecule has 0 radical (unpaired) electrons. The molecular formula is C40H26. The van der Waals surface area contributed by atoms with Crippen LogP contribution in [0.15, 0.2) is 157 Å². The van der Waals surface area contributed by atoms with Gasteiger partial charge < -0.3 is 0 Å². The molecular weight excluding hydrogens is 480 g/mol.